The molecule has 0 saturated carbocycles. The van der Waals surface area contributed by atoms with E-state index in [1.165, 1.54) is 11.1 Å². The first-order valence-electron chi connectivity index (χ1n) is 10.7. The Kier molecular flexibility index (Phi) is 5.50. The molecule has 0 bridgehead atoms. The molecule has 0 saturated heterocycles. The highest BCUT2D eigenvalue weighted by atomic mass is 16.3. The van der Waals surface area contributed by atoms with E-state index in [4.69, 9.17) is 0 Å². The summed E-state index contributed by atoms with van der Waals surface area (Å²) in [4.78, 5) is 0. The summed E-state index contributed by atoms with van der Waals surface area (Å²) in [6, 6.07) is 8.55. The number of benzene rings is 2. The summed E-state index contributed by atoms with van der Waals surface area (Å²) in [5, 5.41) is 22.9. The first kappa shape index (κ1) is 21.4. The molecular weight excluding hydrogens is 358 g/mol. The largest absolute Gasteiger partial charge is 0.507 e. The van der Waals surface area contributed by atoms with E-state index < -0.39 is 0 Å². The SMILES string of the molecule is CCC(C)c1ccc2[nH]nnc2c1-c1cc(C(C)(C)CC)cc(C(C)(C)C)c1O. The van der Waals surface area contributed by atoms with Crippen LogP contribution >= 0.6 is 0 Å². The summed E-state index contributed by atoms with van der Waals surface area (Å²) in [6.07, 6.45) is 2.04. The standard InChI is InChI=1S/C25H35N3O/c1-9-15(3)17-11-12-20-22(27-28-26-20)21(17)18-13-16(25(7,8)10-2)14-19(23(18)29)24(4,5)6/h11-15,29H,9-10H2,1-8H3,(H,26,27,28). The Morgan fingerprint density at radius 2 is 1.76 bits per heavy atom. The second-order valence-corrected chi connectivity index (χ2v) is 9.95. The van der Waals surface area contributed by atoms with Crippen molar-refractivity contribution in [2.45, 2.75) is 85.0 Å². The second-order valence-electron chi connectivity index (χ2n) is 9.95. The number of aromatic nitrogens is 3. The summed E-state index contributed by atoms with van der Waals surface area (Å²) >= 11 is 0. The average molecular weight is 394 g/mol. The number of phenols is 1. The Hall–Kier alpha value is -2.36. The zero-order valence-corrected chi connectivity index (χ0v) is 19.1. The minimum Gasteiger partial charge on any atom is -0.507 e. The van der Waals surface area contributed by atoms with Gasteiger partial charge in [0.25, 0.3) is 0 Å². The molecule has 1 unspecified atom stereocenters. The van der Waals surface area contributed by atoms with E-state index in [2.05, 4.69) is 89.0 Å². The minimum atomic E-state index is -0.174. The molecule has 2 N–H and O–H groups in total. The van der Waals surface area contributed by atoms with Gasteiger partial charge < -0.3 is 5.11 Å². The summed E-state index contributed by atoms with van der Waals surface area (Å²) in [5.74, 6) is 0.708. The summed E-state index contributed by atoms with van der Waals surface area (Å²) in [7, 11) is 0. The highest BCUT2D eigenvalue weighted by Crippen LogP contribution is 2.46. The Morgan fingerprint density at radius 3 is 2.34 bits per heavy atom. The van der Waals surface area contributed by atoms with Crippen molar-refractivity contribution in [3.63, 3.8) is 0 Å². The zero-order valence-electron chi connectivity index (χ0n) is 19.1. The predicted molar refractivity (Wildman–Crippen MR) is 122 cm³/mol. The molecule has 0 spiro atoms. The molecule has 1 heterocycles. The van der Waals surface area contributed by atoms with E-state index in [0.29, 0.717) is 11.7 Å². The fourth-order valence-corrected chi connectivity index (χ4v) is 3.83. The number of hydrogen-bond donors (Lipinski definition) is 2. The van der Waals surface area contributed by atoms with E-state index >= 15 is 0 Å². The molecule has 2 aromatic carbocycles. The van der Waals surface area contributed by atoms with Crippen LogP contribution in [0.25, 0.3) is 22.2 Å². The van der Waals surface area contributed by atoms with Crippen LogP contribution in [-0.2, 0) is 10.8 Å². The molecule has 29 heavy (non-hydrogen) atoms. The van der Waals surface area contributed by atoms with Crippen molar-refractivity contribution < 1.29 is 5.11 Å². The van der Waals surface area contributed by atoms with E-state index in [1.807, 2.05) is 6.07 Å². The maximum atomic E-state index is 11.5. The molecule has 0 aliphatic rings. The normalized spacial score (nSPS) is 13.8. The number of rotatable bonds is 5. The second kappa shape index (κ2) is 7.47. The third kappa shape index (κ3) is 3.77. The third-order valence-corrected chi connectivity index (χ3v) is 6.53. The lowest BCUT2D eigenvalue weighted by Gasteiger charge is -2.30. The molecule has 0 amide bonds. The monoisotopic (exact) mass is 393 g/mol. The van der Waals surface area contributed by atoms with E-state index in [0.717, 1.165) is 40.6 Å². The van der Waals surface area contributed by atoms with Gasteiger partial charge in [-0.25, -0.2) is 0 Å². The smallest absolute Gasteiger partial charge is 0.127 e. The molecule has 1 aromatic heterocycles. The maximum Gasteiger partial charge on any atom is 0.127 e. The summed E-state index contributed by atoms with van der Waals surface area (Å²) in [5.41, 5.74) is 6.84. The van der Waals surface area contributed by atoms with Crippen molar-refractivity contribution in [1.29, 1.82) is 0 Å². The van der Waals surface area contributed by atoms with Crippen LogP contribution in [0.4, 0.5) is 0 Å². The number of fused-ring (bicyclic) bond motifs is 1. The average Bonchev–Trinajstić information content (AvgIpc) is 3.14. The molecule has 0 aliphatic heterocycles. The van der Waals surface area contributed by atoms with Crippen LogP contribution in [0.15, 0.2) is 24.3 Å². The summed E-state index contributed by atoms with van der Waals surface area (Å²) in [6.45, 7) is 17.6. The molecular formula is C25H35N3O. The van der Waals surface area contributed by atoms with E-state index in [1.54, 1.807) is 0 Å². The van der Waals surface area contributed by atoms with Crippen LogP contribution in [0, 0.1) is 0 Å². The lowest BCUT2D eigenvalue weighted by Crippen LogP contribution is -2.19. The fraction of sp³-hybridized carbons (Fsp3) is 0.520. The quantitative estimate of drug-likeness (QED) is 0.499. The molecule has 1 atom stereocenters. The van der Waals surface area contributed by atoms with Gasteiger partial charge in [0, 0.05) is 16.7 Å². The van der Waals surface area contributed by atoms with Crippen molar-refractivity contribution >= 4 is 11.0 Å². The number of hydrogen-bond acceptors (Lipinski definition) is 3. The molecule has 156 valence electrons. The Bertz CT molecular complexity index is 1020. The molecule has 4 heteroatoms. The minimum absolute atomic E-state index is 0.0106. The third-order valence-electron chi connectivity index (χ3n) is 6.53. The summed E-state index contributed by atoms with van der Waals surface area (Å²) < 4.78 is 0. The van der Waals surface area contributed by atoms with Gasteiger partial charge >= 0.3 is 0 Å². The Balaban J connectivity index is 2.45. The Morgan fingerprint density at radius 1 is 1.07 bits per heavy atom. The number of nitrogens with one attached hydrogen (secondary N) is 1. The molecule has 3 aromatic rings. The molecule has 3 rings (SSSR count). The van der Waals surface area contributed by atoms with Gasteiger partial charge in [-0.2, -0.15) is 0 Å². The topological polar surface area (TPSA) is 61.8 Å². The van der Waals surface area contributed by atoms with Crippen molar-refractivity contribution in [3.8, 4) is 16.9 Å². The number of aromatic hydroxyl groups is 1. The van der Waals surface area contributed by atoms with Gasteiger partial charge in [0.15, 0.2) is 0 Å². The number of nitrogens with zero attached hydrogens (tertiary/aromatic N) is 2. The van der Waals surface area contributed by atoms with Crippen molar-refractivity contribution in [3.05, 3.63) is 41.0 Å². The first-order valence-corrected chi connectivity index (χ1v) is 10.7. The van der Waals surface area contributed by atoms with Gasteiger partial charge in [-0.15, -0.1) is 5.10 Å². The fourth-order valence-electron chi connectivity index (χ4n) is 3.83. The van der Waals surface area contributed by atoms with E-state index in [-0.39, 0.29) is 10.8 Å². The van der Waals surface area contributed by atoms with Gasteiger partial charge in [0.2, 0.25) is 0 Å². The van der Waals surface area contributed by atoms with Gasteiger partial charge in [-0.3, -0.25) is 5.10 Å². The van der Waals surface area contributed by atoms with Crippen LogP contribution < -0.4 is 0 Å². The molecule has 4 nitrogen and oxygen atoms in total. The molecule has 0 radical (unpaired) electrons. The molecule has 0 aliphatic carbocycles. The highest BCUT2D eigenvalue weighted by Gasteiger charge is 2.29. The molecule has 0 fully saturated rings. The van der Waals surface area contributed by atoms with Gasteiger partial charge in [-0.05, 0) is 52.8 Å². The lowest BCUT2D eigenvalue weighted by atomic mass is 9.75. The van der Waals surface area contributed by atoms with Crippen LogP contribution in [0.5, 0.6) is 5.75 Å². The van der Waals surface area contributed by atoms with Gasteiger partial charge in [0.1, 0.15) is 11.3 Å². The number of H-pyrrole nitrogens is 1. The number of aromatic amines is 1. The van der Waals surface area contributed by atoms with E-state index in [9.17, 15) is 5.11 Å². The Labute approximate surface area is 174 Å². The van der Waals surface area contributed by atoms with Gasteiger partial charge in [0.05, 0.1) is 5.52 Å². The predicted octanol–water partition coefficient (Wildman–Crippen LogP) is 6.83. The van der Waals surface area contributed by atoms with Crippen LogP contribution in [0.3, 0.4) is 0 Å². The van der Waals surface area contributed by atoms with Crippen LogP contribution in [0.2, 0.25) is 0 Å². The van der Waals surface area contributed by atoms with Crippen molar-refractivity contribution in [1.82, 2.24) is 15.4 Å². The van der Waals surface area contributed by atoms with Crippen molar-refractivity contribution in [2.24, 2.45) is 0 Å². The van der Waals surface area contributed by atoms with Crippen LogP contribution in [-0.4, -0.2) is 20.5 Å². The van der Waals surface area contributed by atoms with Crippen LogP contribution in [0.1, 0.15) is 90.8 Å². The first-order chi connectivity index (χ1) is 13.5. The zero-order chi connectivity index (χ0) is 21.6. The maximum absolute atomic E-state index is 11.5. The lowest BCUT2D eigenvalue weighted by molar-refractivity contribution is 0.444. The van der Waals surface area contributed by atoms with Crippen molar-refractivity contribution in [2.75, 3.05) is 0 Å². The highest BCUT2D eigenvalue weighted by molar-refractivity contribution is 5.96. The van der Waals surface area contributed by atoms with Gasteiger partial charge in [-0.1, -0.05) is 72.7 Å². The number of phenolic OH excluding ortho intramolecular Hbond substituents is 1.